The first kappa shape index (κ1) is 18.4. The van der Waals surface area contributed by atoms with Gasteiger partial charge >= 0.3 is 0 Å². The van der Waals surface area contributed by atoms with E-state index in [-0.39, 0.29) is 11.8 Å². The maximum atomic E-state index is 12.9. The van der Waals surface area contributed by atoms with Gasteiger partial charge in [-0.2, -0.15) is 0 Å². The molecule has 1 aliphatic heterocycles. The van der Waals surface area contributed by atoms with E-state index < -0.39 is 0 Å². The SMILES string of the molecule is COCCNC(=O)c1ccc2c(c1)CCCN2C(=O)c1cccc(Cl)c1. The van der Waals surface area contributed by atoms with E-state index in [0.717, 1.165) is 24.1 Å². The minimum Gasteiger partial charge on any atom is -0.383 e. The van der Waals surface area contributed by atoms with Crippen molar-refractivity contribution in [2.45, 2.75) is 12.8 Å². The molecule has 136 valence electrons. The lowest BCUT2D eigenvalue weighted by atomic mass is 9.98. The second kappa shape index (κ2) is 8.34. The molecule has 2 amide bonds. The Hall–Kier alpha value is -2.37. The molecule has 0 fully saturated rings. The quantitative estimate of drug-likeness (QED) is 0.819. The Bertz CT molecular complexity index is 822. The van der Waals surface area contributed by atoms with E-state index in [1.54, 1.807) is 42.3 Å². The number of amides is 2. The summed E-state index contributed by atoms with van der Waals surface area (Å²) < 4.78 is 4.94. The fourth-order valence-corrected chi connectivity index (χ4v) is 3.29. The van der Waals surface area contributed by atoms with Crippen molar-refractivity contribution in [3.05, 3.63) is 64.2 Å². The molecule has 1 heterocycles. The zero-order valence-corrected chi connectivity index (χ0v) is 15.4. The van der Waals surface area contributed by atoms with Crippen molar-refractivity contribution < 1.29 is 14.3 Å². The van der Waals surface area contributed by atoms with Gasteiger partial charge < -0.3 is 15.0 Å². The molecule has 0 aliphatic carbocycles. The first-order valence-electron chi connectivity index (χ1n) is 8.57. The summed E-state index contributed by atoms with van der Waals surface area (Å²) >= 11 is 6.01. The molecule has 1 N–H and O–H groups in total. The monoisotopic (exact) mass is 372 g/mol. The molecule has 1 aliphatic rings. The predicted octanol–water partition coefficient (Wildman–Crippen LogP) is 3.31. The summed E-state index contributed by atoms with van der Waals surface area (Å²) in [5.41, 5.74) is 3.02. The van der Waals surface area contributed by atoms with Crippen molar-refractivity contribution in [3.63, 3.8) is 0 Å². The number of nitrogens with zero attached hydrogens (tertiary/aromatic N) is 1. The molecule has 0 unspecified atom stereocenters. The van der Waals surface area contributed by atoms with Crippen LogP contribution in [0.15, 0.2) is 42.5 Å². The number of aryl methyl sites for hydroxylation is 1. The number of benzene rings is 2. The normalized spacial score (nSPS) is 13.2. The summed E-state index contributed by atoms with van der Waals surface area (Å²) in [6.45, 7) is 1.59. The van der Waals surface area contributed by atoms with Crippen LogP contribution in [-0.2, 0) is 11.2 Å². The van der Waals surface area contributed by atoms with Crippen LogP contribution in [0, 0.1) is 0 Å². The number of anilines is 1. The van der Waals surface area contributed by atoms with Crippen LogP contribution in [0.25, 0.3) is 0 Å². The molecule has 3 rings (SSSR count). The third kappa shape index (κ3) is 4.06. The maximum Gasteiger partial charge on any atom is 0.258 e. The summed E-state index contributed by atoms with van der Waals surface area (Å²) in [7, 11) is 1.59. The molecule has 6 heteroatoms. The average Bonchev–Trinajstić information content (AvgIpc) is 2.66. The van der Waals surface area contributed by atoms with Gasteiger partial charge in [0, 0.05) is 42.0 Å². The number of methoxy groups -OCH3 is 1. The molecule has 0 bridgehead atoms. The fourth-order valence-electron chi connectivity index (χ4n) is 3.10. The molecule has 0 saturated carbocycles. The second-order valence-corrected chi connectivity index (χ2v) is 6.60. The first-order chi connectivity index (χ1) is 12.6. The van der Waals surface area contributed by atoms with E-state index in [0.29, 0.717) is 35.8 Å². The molecule has 26 heavy (non-hydrogen) atoms. The molecule has 0 radical (unpaired) electrons. The molecular formula is C20H21ClN2O3. The predicted molar refractivity (Wildman–Crippen MR) is 102 cm³/mol. The summed E-state index contributed by atoms with van der Waals surface area (Å²) in [5, 5.41) is 3.35. The van der Waals surface area contributed by atoms with E-state index in [9.17, 15) is 9.59 Å². The molecule has 0 aromatic heterocycles. The number of carbonyl (C=O) groups excluding carboxylic acids is 2. The van der Waals surface area contributed by atoms with Crippen molar-refractivity contribution >= 4 is 29.1 Å². The van der Waals surface area contributed by atoms with E-state index >= 15 is 0 Å². The fraction of sp³-hybridized carbons (Fsp3) is 0.300. The van der Waals surface area contributed by atoms with Crippen molar-refractivity contribution in [1.82, 2.24) is 5.32 Å². The van der Waals surface area contributed by atoms with Gasteiger partial charge in [0.1, 0.15) is 0 Å². The van der Waals surface area contributed by atoms with Crippen LogP contribution >= 0.6 is 11.6 Å². The first-order valence-corrected chi connectivity index (χ1v) is 8.95. The van der Waals surface area contributed by atoms with Gasteiger partial charge in [-0.05, 0) is 54.8 Å². The number of halogens is 1. The number of ether oxygens (including phenoxy) is 1. The summed E-state index contributed by atoms with van der Waals surface area (Å²) in [5.74, 6) is -0.214. The molecule has 0 atom stereocenters. The van der Waals surface area contributed by atoms with E-state index in [4.69, 9.17) is 16.3 Å². The van der Waals surface area contributed by atoms with Gasteiger partial charge in [0.15, 0.2) is 0 Å². The minimum atomic E-state index is -0.136. The standard InChI is InChI=1S/C20H21ClN2O3/c1-26-11-9-22-19(24)15-7-8-18-14(12-15)5-3-10-23(18)20(25)16-4-2-6-17(21)13-16/h2,4,6-8,12-13H,3,5,9-11H2,1H3,(H,22,24). The van der Waals surface area contributed by atoms with Crippen molar-refractivity contribution in [2.24, 2.45) is 0 Å². The number of carbonyl (C=O) groups is 2. The van der Waals surface area contributed by atoms with Crippen LogP contribution in [0.4, 0.5) is 5.69 Å². The van der Waals surface area contributed by atoms with Crippen molar-refractivity contribution in [3.8, 4) is 0 Å². The highest BCUT2D eigenvalue weighted by Crippen LogP contribution is 2.29. The molecule has 0 saturated heterocycles. The van der Waals surface area contributed by atoms with E-state index in [1.165, 1.54) is 0 Å². The topological polar surface area (TPSA) is 58.6 Å². The molecular weight excluding hydrogens is 352 g/mol. The number of nitrogens with one attached hydrogen (secondary N) is 1. The van der Waals surface area contributed by atoms with E-state index in [2.05, 4.69) is 5.32 Å². The van der Waals surface area contributed by atoms with Crippen LogP contribution in [0.5, 0.6) is 0 Å². The molecule has 5 nitrogen and oxygen atoms in total. The highest BCUT2D eigenvalue weighted by molar-refractivity contribution is 6.31. The smallest absolute Gasteiger partial charge is 0.258 e. The Morgan fingerprint density at radius 2 is 2.04 bits per heavy atom. The zero-order valence-electron chi connectivity index (χ0n) is 14.6. The number of hydrogen-bond donors (Lipinski definition) is 1. The Balaban J connectivity index is 1.82. The van der Waals surface area contributed by atoms with Gasteiger partial charge in [0.25, 0.3) is 11.8 Å². The van der Waals surface area contributed by atoms with Gasteiger partial charge in [-0.15, -0.1) is 0 Å². The number of fused-ring (bicyclic) bond motifs is 1. The second-order valence-electron chi connectivity index (χ2n) is 6.16. The Morgan fingerprint density at radius 3 is 2.81 bits per heavy atom. The maximum absolute atomic E-state index is 12.9. The highest BCUT2D eigenvalue weighted by atomic mass is 35.5. The average molecular weight is 373 g/mol. The molecule has 2 aromatic rings. The number of hydrogen-bond acceptors (Lipinski definition) is 3. The van der Waals surface area contributed by atoms with Gasteiger partial charge in [0.2, 0.25) is 0 Å². The largest absolute Gasteiger partial charge is 0.383 e. The van der Waals surface area contributed by atoms with Crippen LogP contribution in [0.1, 0.15) is 32.7 Å². The van der Waals surface area contributed by atoms with Crippen molar-refractivity contribution in [1.29, 1.82) is 0 Å². The third-order valence-corrected chi connectivity index (χ3v) is 4.60. The lowest BCUT2D eigenvalue weighted by Crippen LogP contribution is -2.35. The van der Waals surface area contributed by atoms with E-state index in [1.807, 2.05) is 12.1 Å². The highest BCUT2D eigenvalue weighted by Gasteiger charge is 2.24. The summed E-state index contributed by atoms with van der Waals surface area (Å²) in [6, 6.07) is 12.4. The van der Waals surface area contributed by atoms with Crippen LogP contribution in [-0.4, -0.2) is 38.6 Å². The lowest BCUT2D eigenvalue weighted by molar-refractivity contribution is 0.0936. The summed E-state index contributed by atoms with van der Waals surface area (Å²) in [4.78, 5) is 26.9. The number of rotatable bonds is 5. The third-order valence-electron chi connectivity index (χ3n) is 4.37. The van der Waals surface area contributed by atoms with Crippen LogP contribution in [0.3, 0.4) is 0 Å². The Labute approximate surface area is 157 Å². The van der Waals surface area contributed by atoms with Gasteiger partial charge in [-0.1, -0.05) is 17.7 Å². The summed E-state index contributed by atoms with van der Waals surface area (Å²) in [6.07, 6.45) is 1.70. The Kier molecular flexibility index (Phi) is 5.91. The minimum absolute atomic E-state index is 0.0780. The van der Waals surface area contributed by atoms with Gasteiger partial charge in [-0.3, -0.25) is 9.59 Å². The van der Waals surface area contributed by atoms with Gasteiger partial charge in [0.05, 0.1) is 6.61 Å². The lowest BCUT2D eigenvalue weighted by Gasteiger charge is -2.30. The van der Waals surface area contributed by atoms with Crippen LogP contribution in [0.2, 0.25) is 5.02 Å². The molecule has 2 aromatic carbocycles. The van der Waals surface area contributed by atoms with Gasteiger partial charge in [-0.25, -0.2) is 0 Å². The van der Waals surface area contributed by atoms with Crippen LogP contribution < -0.4 is 10.2 Å². The van der Waals surface area contributed by atoms with Crippen molar-refractivity contribution in [2.75, 3.05) is 31.7 Å². The zero-order chi connectivity index (χ0) is 18.5. The molecule has 0 spiro atoms. The Morgan fingerprint density at radius 1 is 1.19 bits per heavy atom.